The highest BCUT2D eigenvalue weighted by atomic mass is 32.1. The highest BCUT2D eigenvalue weighted by molar-refractivity contribution is 7.13. The zero-order valence-electron chi connectivity index (χ0n) is 44.7. The number of carbonyl (C=O) groups is 6. The maximum atomic E-state index is 14.8. The van der Waals surface area contributed by atoms with E-state index in [-0.39, 0.29) is 85.5 Å². The van der Waals surface area contributed by atoms with Crippen LogP contribution in [0.2, 0.25) is 0 Å². The smallest absolute Gasteiger partial charge is 0.256 e. The lowest BCUT2D eigenvalue weighted by atomic mass is 9.85. The molecule has 20 nitrogen and oxygen atoms in total. The molecule has 3 aromatic carbocycles. The number of carbonyl (C=O) groups excluding carboxylic acids is 6. The van der Waals surface area contributed by atoms with Gasteiger partial charge in [0.25, 0.3) is 11.8 Å². The van der Waals surface area contributed by atoms with E-state index < -0.39 is 41.2 Å². The van der Waals surface area contributed by atoms with Gasteiger partial charge in [0, 0.05) is 64.2 Å². The molecule has 0 aliphatic carbocycles. The number of nitrogens with one attached hydrogen (secondary N) is 6. The summed E-state index contributed by atoms with van der Waals surface area (Å²) in [5.74, 6) is -2.20. The van der Waals surface area contributed by atoms with Crippen LogP contribution in [0.3, 0.4) is 0 Å². The molecule has 1 saturated heterocycles. The number of ether oxygens (including phenoxy) is 1. The number of aliphatic hydroxyl groups excluding tert-OH is 1. The van der Waals surface area contributed by atoms with E-state index in [1.165, 1.54) is 40.7 Å². The van der Waals surface area contributed by atoms with Gasteiger partial charge >= 0.3 is 0 Å². The van der Waals surface area contributed by atoms with Crippen LogP contribution in [0.4, 0.5) is 27.5 Å². The molecule has 410 valence electrons. The van der Waals surface area contributed by atoms with Crippen molar-refractivity contribution >= 4 is 91.9 Å². The first-order valence-electron chi connectivity index (χ1n) is 25.7. The first kappa shape index (κ1) is 56.0. The number of likely N-dealkylation sites (N-methyl/N-ethyl adjacent to an activating group) is 1. The number of fused-ring (bicyclic) bond motifs is 2. The third-order valence-electron chi connectivity index (χ3n) is 13.7. The fraction of sp³-hybridized carbons (Fsp3) is 0.375. The monoisotopic (exact) mass is 1080 g/mol. The van der Waals surface area contributed by atoms with Gasteiger partial charge in [-0.15, -0.1) is 11.3 Å². The summed E-state index contributed by atoms with van der Waals surface area (Å²) in [6.45, 7) is 7.49. The van der Waals surface area contributed by atoms with Crippen molar-refractivity contribution in [1.29, 1.82) is 0 Å². The molecule has 7 aromatic rings. The van der Waals surface area contributed by atoms with Gasteiger partial charge in [0.05, 0.1) is 57.1 Å². The molecule has 0 saturated carbocycles. The molecule has 22 heteroatoms. The normalized spacial score (nSPS) is 14.8. The summed E-state index contributed by atoms with van der Waals surface area (Å²) in [6, 6.07) is 17.2. The summed E-state index contributed by atoms with van der Waals surface area (Å²) in [4.78, 5) is 101. The number of methoxy groups -OCH3 is 1. The Morgan fingerprint density at radius 3 is 2.42 bits per heavy atom. The Kier molecular flexibility index (Phi) is 17.5. The number of aryl methyl sites for hydroxylation is 1. The van der Waals surface area contributed by atoms with Crippen LogP contribution >= 0.6 is 11.3 Å². The molecular weight excluding hydrogens is 1020 g/mol. The number of H-pyrrole nitrogens is 1. The van der Waals surface area contributed by atoms with Gasteiger partial charge in [0.1, 0.15) is 41.7 Å². The summed E-state index contributed by atoms with van der Waals surface area (Å²) in [5, 5.41) is 26.5. The number of aromatic nitrogens is 5. The van der Waals surface area contributed by atoms with Crippen LogP contribution in [0.15, 0.2) is 84.6 Å². The molecule has 4 aromatic heterocycles. The van der Waals surface area contributed by atoms with E-state index in [2.05, 4.69) is 46.5 Å². The number of amides is 5. The van der Waals surface area contributed by atoms with E-state index in [9.17, 15) is 38.3 Å². The van der Waals surface area contributed by atoms with Crippen LogP contribution in [-0.2, 0) is 25.7 Å². The first-order chi connectivity index (χ1) is 37.3. The van der Waals surface area contributed by atoms with Crippen molar-refractivity contribution in [2.45, 2.75) is 97.4 Å². The minimum atomic E-state index is -0.949. The van der Waals surface area contributed by atoms with Crippen molar-refractivity contribution in [2.75, 3.05) is 44.9 Å². The summed E-state index contributed by atoms with van der Waals surface area (Å²) in [7, 11) is 4.49. The van der Waals surface area contributed by atoms with Gasteiger partial charge in [-0.2, -0.15) is 9.97 Å². The van der Waals surface area contributed by atoms with E-state index in [1.807, 2.05) is 52.0 Å². The molecule has 5 heterocycles. The number of anilines is 4. The molecule has 1 aliphatic rings. The van der Waals surface area contributed by atoms with E-state index in [0.717, 1.165) is 21.7 Å². The molecule has 1 fully saturated rings. The van der Waals surface area contributed by atoms with E-state index >= 15 is 0 Å². The molecule has 7 N–H and O–H groups in total. The maximum Gasteiger partial charge on any atom is 0.256 e. The highest BCUT2D eigenvalue weighted by Gasteiger charge is 2.44. The number of halogens is 1. The largest absolute Gasteiger partial charge is 0.495 e. The molecule has 1 aliphatic heterocycles. The summed E-state index contributed by atoms with van der Waals surface area (Å²) in [5.41, 5.74) is 5.37. The molecule has 0 bridgehead atoms. The second-order valence-corrected chi connectivity index (χ2v) is 21.3. The minimum Gasteiger partial charge on any atom is -0.495 e. The summed E-state index contributed by atoms with van der Waals surface area (Å²) >= 11 is 1.56. The van der Waals surface area contributed by atoms with Gasteiger partial charge in [-0.05, 0) is 72.7 Å². The Hall–Kier alpha value is -8.24. The fourth-order valence-corrected chi connectivity index (χ4v) is 10.3. The van der Waals surface area contributed by atoms with Gasteiger partial charge in [0.2, 0.25) is 29.6 Å². The summed E-state index contributed by atoms with van der Waals surface area (Å²) in [6.07, 6.45) is 5.17. The molecule has 3 atom stereocenters. The Bertz CT molecular complexity index is 3350. The molecular formula is C56H65FN12O8S. The Balaban J connectivity index is 0.804. The average molecular weight is 1090 g/mol. The van der Waals surface area contributed by atoms with Gasteiger partial charge in [-0.1, -0.05) is 63.9 Å². The average Bonchev–Trinajstić information content (AvgIpc) is 4.25. The highest BCUT2D eigenvalue weighted by Crippen LogP contribution is 2.35. The van der Waals surface area contributed by atoms with E-state index in [1.54, 1.807) is 66.6 Å². The van der Waals surface area contributed by atoms with Crippen LogP contribution in [0, 0.1) is 18.2 Å². The van der Waals surface area contributed by atoms with Crippen molar-refractivity contribution in [3.05, 3.63) is 107 Å². The molecule has 5 amide bonds. The zero-order valence-corrected chi connectivity index (χ0v) is 45.5. The Morgan fingerprint density at radius 1 is 0.962 bits per heavy atom. The molecule has 0 unspecified atom stereocenters. The van der Waals surface area contributed by atoms with Crippen molar-refractivity contribution in [3.63, 3.8) is 0 Å². The Morgan fingerprint density at radius 2 is 1.72 bits per heavy atom. The number of likely N-dealkylation sites (tertiary alicyclic amines) is 1. The molecule has 0 radical (unpaired) electrons. The van der Waals surface area contributed by atoms with Crippen LogP contribution < -0.4 is 31.3 Å². The van der Waals surface area contributed by atoms with Crippen LogP contribution in [-0.4, -0.2) is 127 Å². The first-order valence-corrected chi connectivity index (χ1v) is 26.6. The number of nitrogens with zero attached hydrogens (tertiary/aromatic N) is 6. The second kappa shape index (κ2) is 24.4. The van der Waals surface area contributed by atoms with Gasteiger partial charge in [0.15, 0.2) is 0 Å². The quantitative estimate of drug-likeness (QED) is 0.0343. The Labute approximate surface area is 454 Å². The van der Waals surface area contributed by atoms with Crippen LogP contribution in [0.1, 0.15) is 92.1 Å². The predicted octanol–water partition coefficient (Wildman–Crippen LogP) is 7.59. The predicted molar refractivity (Wildman–Crippen MR) is 296 cm³/mol. The number of rotatable bonds is 21. The lowest BCUT2D eigenvalue weighted by molar-refractivity contribution is -0.144. The zero-order chi connectivity index (χ0) is 55.8. The van der Waals surface area contributed by atoms with Crippen LogP contribution in [0.25, 0.3) is 32.4 Å². The standard InChI is InChI=1S/C56H65FN12O8S/c1-32-48(78-31-61-32)34-19-17-33(18-20-34)28-60-52(74)42-26-36(70)29-69(42)54(76)49(56(2,3)4)64-44(71)15-10-8-9-11-16-45(72)67(6)30-46(73)68-24-22-35-25-43(77-7)40(27-41(35)68)63-55-65-50-37(21-23-59-50)51(66-55)62-39-14-12-13-38(57)47(39)53(75)58-5/h12-14,17-25,27,31,36,42,49,70H,8-11,15-16,26,28-30H2,1-7H3,(H,58,75)(H,60,74)(H,64,71)(H3,59,62,63,65,66)/t36-,42+,49-/m1/s1. The number of β-amino-alcohol motifs (C(OH)–C–C–N with tert-alkyl or cyclic N) is 1. The van der Waals surface area contributed by atoms with E-state index in [0.29, 0.717) is 59.1 Å². The van der Waals surface area contributed by atoms with Crippen molar-refractivity contribution in [2.24, 2.45) is 5.41 Å². The third-order valence-corrected chi connectivity index (χ3v) is 14.7. The molecule has 8 rings (SSSR count). The van der Waals surface area contributed by atoms with Crippen LogP contribution in [0.5, 0.6) is 5.75 Å². The van der Waals surface area contributed by atoms with Gasteiger partial charge in [-0.25, -0.2) is 9.37 Å². The minimum absolute atomic E-state index is 0.0286. The number of hydrogen-bond donors (Lipinski definition) is 7. The molecule has 0 spiro atoms. The van der Waals surface area contributed by atoms with Crippen molar-refractivity contribution in [3.8, 4) is 16.2 Å². The maximum absolute atomic E-state index is 14.8. The van der Waals surface area contributed by atoms with Crippen molar-refractivity contribution in [1.82, 2.24) is 50.3 Å². The topological polar surface area (TPSA) is 258 Å². The lowest BCUT2D eigenvalue weighted by Crippen LogP contribution is -2.57. The SMILES string of the molecule is CNC(=O)c1c(F)cccc1Nc1nc(Nc2cc3c(ccn3C(=O)CN(C)C(=O)CCCCCCC(=O)N[C@H](C(=O)N3C[C@H](O)C[C@H]3C(=O)NCc3ccc(-c4scnc4C)cc3)C(C)(C)C)cc2OC)nc2[nH]ccc12. The number of aliphatic hydroxyl groups is 1. The van der Waals surface area contributed by atoms with Crippen molar-refractivity contribution < 1.29 is 43.0 Å². The van der Waals surface area contributed by atoms with Gasteiger partial charge in [-0.3, -0.25) is 33.3 Å². The number of benzene rings is 3. The molecule has 78 heavy (non-hydrogen) atoms. The van der Waals surface area contributed by atoms with E-state index in [4.69, 9.17) is 4.74 Å². The number of unbranched alkanes of at least 4 members (excludes halogenated alkanes) is 3. The number of thiazole rings is 1. The van der Waals surface area contributed by atoms with Gasteiger partial charge < -0.3 is 51.2 Å². The number of hydrogen-bond acceptors (Lipinski definition) is 14. The number of aromatic amines is 1. The third kappa shape index (κ3) is 12.9. The second-order valence-electron chi connectivity index (χ2n) is 20.4. The summed E-state index contributed by atoms with van der Waals surface area (Å²) < 4.78 is 22.0. The lowest BCUT2D eigenvalue weighted by Gasteiger charge is -2.35. The fourth-order valence-electron chi connectivity index (χ4n) is 9.46.